The second kappa shape index (κ2) is 8.94. The molecule has 150 valence electrons. The lowest BCUT2D eigenvalue weighted by molar-refractivity contribution is -0.126. The molecule has 2 aromatic rings. The van der Waals surface area contributed by atoms with E-state index in [0.717, 1.165) is 0 Å². The maximum Gasteiger partial charge on any atom is 0.238 e. The van der Waals surface area contributed by atoms with E-state index in [1.807, 2.05) is 0 Å². The summed E-state index contributed by atoms with van der Waals surface area (Å²) in [7, 11) is 6.24. The molecule has 0 unspecified atom stereocenters. The number of rotatable bonds is 7. The summed E-state index contributed by atoms with van der Waals surface area (Å²) in [5.74, 6) is 0.584. The van der Waals surface area contributed by atoms with Gasteiger partial charge in [0.25, 0.3) is 0 Å². The summed E-state index contributed by atoms with van der Waals surface area (Å²) in [4.78, 5) is 52.0. The van der Waals surface area contributed by atoms with Crippen molar-refractivity contribution in [3.63, 3.8) is 0 Å². The molecule has 28 heavy (non-hydrogen) atoms. The summed E-state index contributed by atoms with van der Waals surface area (Å²) < 4.78 is 0. The second-order valence-corrected chi connectivity index (χ2v) is 5.67. The molecule has 0 fully saturated rings. The molecule has 4 N–H and O–H groups in total. The minimum absolute atomic E-state index is 0.0838. The van der Waals surface area contributed by atoms with Gasteiger partial charge in [-0.25, -0.2) is 0 Å². The van der Waals surface area contributed by atoms with Crippen molar-refractivity contribution in [3.8, 4) is 0 Å². The molecule has 2 aromatic heterocycles. The van der Waals surface area contributed by atoms with Crippen LogP contribution in [0.25, 0.3) is 0 Å². The number of carbonyl (C=O) groups excluding carboxylic acids is 2. The summed E-state index contributed by atoms with van der Waals surface area (Å²) in [6, 6.07) is 0. The minimum atomic E-state index is -0.507. The highest BCUT2D eigenvalue weighted by Crippen LogP contribution is 2.13. The molecule has 13 heteroatoms. The van der Waals surface area contributed by atoms with Crippen LogP contribution in [0.4, 0.5) is 23.8 Å². The Kier molecular flexibility index (Phi) is 6.65. The largest absolute Gasteiger partial charge is 0.357 e. The first-order valence-electron chi connectivity index (χ1n) is 8.35. The molecule has 2 amide bonds. The molecule has 2 heterocycles. The van der Waals surface area contributed by atoms with Gasteiger partial charge >= 0.3 is 0 Å². The zero-order valence-corrected chi connectivity index (χ0v) is 16.4. The van der Waals surface area contributed by atoms with Crippen LogP contribution in [-0.4, -0.2) is 69.9 Å². The average molecular weight is 389 g/mol. The van der Waals surface area contributed by atoms with Crippen LogP contribution < -0.4 is 26.2 Å². The van der Waals surface area contributed by atoms with Crippen LogP contribution in [0.1, 0.15) is 18.1 Å². The van der Waals surface area contributed by atoms with Gasteiger partial charge in [0.1, 0.15) is 18.1 Å². The molecule has 0 atom stereocenters. The Morgan fingerprint density at radius 3 is 1.86 bits per heavy atom. The first-order chi connectivity index (χ1) is 13.3. The lowest BCUT2D eigenvalue weighted by Crippen LogP contribution is -2.36. The number of anilines is 4. The van der Waals surface area contributed by atoms with Gasteiger partial charge in [0.15, 0.2) is 0 Å². The molecule has 0 saturated heterocycles. The summed E-state index contributed by atoms with van der Waals surface area (Å²) >= 11 is 0. The summed E-state index contributed by atoms with van der Waals surface area (Å²) in [5, 5.41) is 5.56. The van der Waals surface area contributed by atoms with Crippen LogP contribution in [0.15, 0.2) is 0 Å². The van der Waals surface area contributed by atoms with E-state index in [0.29, 0.717) is 17.6 Å². The molecule has 13 nitrogen and oxygen atoms in total. The molecule has 0 spiro atoms. The van der Waals surface area contributed by atoms with Crippen molar-refractivity contribution in [2.24, 2.45) is 5.73 Å². The first-order valence-corrected chi connectivity index (χ1v) is 8.35. The molecule has 0 aliphatic rings. The number of aryl methyl sites for hydroxylation is 1. The van der Waals surface area contributed by atoms with Gasteiger partial charge in [0, 0.05) is 28.2 Å². The van der Waals surface area contributed by atoms with E-state index in [9.17, 15) is 9.59 Å². The Hall–Kier alpha value is -3.48. The van der Waals surface area contributed by atoms with Crippen LogP contribution in [0, 0.1) is 6.92 Å². The highest BCUT2D eigenvalue weighted by Gasteiger charge is 2.23. The average Bonchev–Trinajstić information content (AvgIpc) is 2.71. The molecule has 0 bridgehead atoms. The Morgan fingerprint density at radius 1 is 0.857 bits per heavy atom. The predicted octanol–water partition coefficient (Wildman–Crippen LogP) is -1.08. The molecule has 0 aliphatic carbocycles. The van der Waals surface area contributed by atoms with Crippen molar-refractivity contribution in [3.05, 3.63) is 11.6 Å². The topological polar surface area (TPSA) is 168 Å². The van der Waals surface area contributed by atoms with Gasteiger partial charge < -0.3 is 16.4 Å². The lowest BCUT2D eigenvalue weighted by atomic mass is 10.3. The Bertz CT molecular complexity index is 851. The SMILES string of the molecule is CNc1nc(C)nc(N(C)C(=O)CC(=O)N(C)c2nc(CN)nc(NC)n2)n1. The van der Waals surface area contributed by atoms with E-state index in [1.54, 1.807) is 21.0 Å². The smallest absolute Gasteiger partial charge is 0.238 e. The van der Waals surface area contributed by atoms with E-state index in [-0.39, 0.29) is 24.4 Å². The fraction of sp³-hybridized carbons (Fsp3) is 0.467. The maximum absolute atomic E-state index is 12.5. The fourth-order valence-electron chi connectivity index (χ4n) is 2.08. The Balaban J connectivity index is 2.15. The van der Waals surface area contributed by atoms with Crippen LogP contribution in [-0.2, 0) is 16.1 Å². The number of nitrogens with one attached hydrogen (secondary N) is 2. The third-order valence-corrected chi connectivity index (χ3v) is 3.69. The highest BCUT2D eigenvalue weighted by molar-refractivity contribution is 6.08. The molecular weight excluding hydrogens is 366 g/mol. The minimum Gasteiger partial charge on any atom is -0.357 e. The van der Waals surface area contributed by atoms with Crippen molar-refractivity contribution >= 4 is 35.6 Å². The van der Waals surface area contributed by atoms with Crippen molar-refractivity contribution in [1.82, 2.24) is 29.9 Å². The highest BCUT2D eigenvalue weighted by atomic mass is 16.2. The fourth-order valence-corrected chi connectivity index (χ4v) is 2.08. The van der Waals surface area contributed by atoms with Gasteiger partial charge in [-0.1, -0.05) is 0 Å². The van der Waals surface area contributed by atoms with Crippen molar-refractivity contribution in [1.29, 1.82) is 0 Å². The zero-order valence-electron chi connectivity index (χ0n) is 16.4. The number of carbonyl (C=O) groups is 2. The number of amides is 2. The number of nitrogens with two attached hydrogens (primary N) is 1. The van der Waals surface area contributed by atoms with E-state index < -0.39 is 18.2 Å². The molecule has 2 rings (SSSR count). The van der Waals surface area contributed by atoms with Crippen LogP contribution in [0.5, 0.6) is 0 Å². The Labute approximate surface area is 161 Å². The third kappa shape index (κ3) is 4.82. The standard InChI is InChI=1S/C15H23N11O2/c1-8-19-12(17-2)23-14(20-8)25(4)10(27)6-11(28)26(5)15-22-9(7-16)21-13(18-3)24-15/h6-7,16H2,1-5H3,(H,17,19,20,23)(H,18,21,22,24). The number of aromatic nitrogens is 6. The van der Waals surface area contributed by atoms with Gasteiger partial charge in [0.05, 0.1) is 6.54 Å². The van der Waals surface area contributed by atoms with Crippen molar-refractivity contribution in [2.75, 3.05) is 48.6 Å². The van der Waals surface area contributed by atoms with Crippen LogP contribution >= 0.6 is 0 Å². The number of hydrogen-bond donors (Lipinski definition) is 3. The molecule has 0 saturated carbocycles. The molecule has 0 radical (unpaired) electrons. The summed E-state index contributed by atoms with van der Waals surface area (Å²) in [6.45, 7) is 1.76. The third-order valence-electron chi connectivity index (χ3n) is 3.69. The van der Waals surface area contributed by atoms with Crippen LogP contribution in [0.3, 0.4) is 0 Å². The number of nitrogens with zero attached hydrogens (tertiary/aromatic N) is 8. The lowest BCUT2D eigenvalue weighted by Gasteiger charge is -2.19. The van der Waals surface area contributed by atoms with Gasteiger partial charge in [-0.3, -0.25) is 19.4 Å². The quantitative estimate of drug-likeness (QED) is 0.493. The van der Waals surface area contributed by atoms with E-state index >= 15 is 0 Å². The molecular formula is C15H23N11O2. The van der Waals surface area contributed by atoms with Gasteiger partial charge in [-0.15, -0.1) is 0 Å². The van der Waals surface area contributed by atoms with E-state index in [1.165, 1.54) is 23.9 Å². The molecule has 0 aliphatic heterocycles. The van der Waals surface area contributed by atoms with Crippen molar-refractivity contribution < 1.29 is 9.59 Å². The normalized spacial score (nSPS) is 10.4. The number of hydrogen-bond acceptors (Lipinski definition) is 11. The predicted molar refractivity (Wildman–Crippen MR) is 103 cm³/mol. The zero-order chi connectivity index (χ0) is 20.8. The molecule has 0 aromatic carbocycles. The summed E-state index contributed by atoms with van der Waals surface area (Å²) in [5.41, 5.74) is 5.57. The maximum atomic E-state index is 12.5. The Morgan fingerprint density at radius 2 is 1.36 bits per heavy atom. The van der Waals surface area contributed by atoms with Crippen molar-refractivity contribution in [2.45, 2.75) is 19.9 Å². The first kappa shape index (κ1) is 20.8. The summed E-state index contributed by atoms with van der Waals surface area (Å²) in [6.07, 6.45) is -0.425. The van der Waals surface area contributed by atoms with Gasteiger partial charge in [-0.05, 0) is 6.92 Å². The van der Waals surface area contributed by atoms with Gasteiger partial charge in [-0.2, -0.15) is 29.9 Å². The van der Waals surface area contributed by atoms with Gasteiger partial charge in [0.2, 0.25) is 35.6 Å². The van der Waals surface area contributed by atoms with E-state index in [2.05, 4.69) is 40.5 Å². The van der Waals surface area contributed by atoms with E-state index in [4.69, 9.17) is 5.73 Å². The monoisotopic (exact) mass is 389 g/mol. The van der Waals surface area contributed by atoms with Crippen LogP contribution in [0.2, 0.25) is 0 Å². The second-order valence-electron chi connectivity index (χ2n) is 5.67.